The van der Waals surface area contributed by atoms with E-state index >= 15 is 4.39 Å². The SMILES string of the molecule is CNCc1cccc(C/C=C(\C=C(/C)c2nnc(-c3cc(Br)cc4c3CCC4)o2)C(C)(F)CF)c1. The van der Waals surface area contributed by atoms with Gasteiger partial charge in [0.1, 0.15) is 6.67 Å². The number of fused-ring (bicyclic) bond motifs is 1. The maximum absolute atomic E-state index is 15.2. The number of aryl methyl sites for hydroxylation is 1. The Morgan fingerprint density at radius 3 is 2.77 bits per heavy atom. The van der Waals surface area contributed by atoms with Gasteiger partial charge in [0.15, 0.2) is 5.67 Å². The molecular formula is C28H30BrF2N3O. The lowest BCUT2D eigenvalue weighted by molar-refractivity contribution is 0.187. The van der Waals surface area contributed by atoms with Crippen LogP contribution in [0.2, 0.25) is 0 Å². The van der Waals surface area contributed by atoms with Crippen molar-refractivity contribution in [3.63, 3.8) is 0 Å². The molecule has 0 amide bonds. The van der Waals surface area contributed by atoms with Crippen molar-refractivity contribution in [3.8, 4) is 11.5 Å². The number of rotatable bonds is 9. The Bertz CT molecular complexity index is 1260. The number of nitrogens with one attached hydrogen (secondary N) is 1. The Labute approximate surface area is 213 Å². The second-order valence-corrected chi connectivity index (χ2v) is 10.1. The van der Waals surface area contributed by atoms with E-state index in [-0.39, 0.29) is 5.57 Å². The van der Waals surface area contributed by atoms with Gasteiger partial charge in [-0.15, -0.1) is 10.2 Å². The Morgan fingerprint density at radius 2 is 2.00 bits per heavy atom. The predicted octanol–water partition coefficient (Wildman–Crippen LogP) is 6.98. The van der Waals surface area contributed by atoms with Gasteiger partial charge in [-0.1, -0.05) is 46.3 Å². The summed E-state index contributed by atoms with van der Waals surface area (Å²) in [5.74, 6) is 0.732. The third-order valence-electron chi connectivity index (χ3n) is 6.33. The molecule has 1 atom stereocenters. The zero-order valence-electron chi connectivity index (χ0n) is 20.3. The second kappa shape index (κ2) is 11.0. The van der Waals surface area contributed by atoms with Crippen molar-refractivity contribution in [1.82, 2.24) is 15.5 Å². The molecule has 2 aromatic carbocycles. The molecule has 0 aliphatic heterocycles. The summed E-state index contributed by atoms with van der Waals surface area (Å²) >= 11 is 3.57. The molecule has 1 aromatic heterocycles. The zero-order valence-corrected chi connectivity index (χ0v) is 21.9. The first-order valence-corrected chi connectivity index (χ1v) is 12.6. The highest BCUT2D eigenvalue weighted by atomic mass is 79.9. The number of nitrogens with zero attached hydrogens (tertiary/aromatic N) is 2. The minimum Gasteiger partial charge on any atom is -0.416 e. The molecule has 1 N–H and O–H groups in total. The topological polar surface area (TPSA) is 51.0 Å². The first kappa shape index (κ1) is 25.5. The molecule has 0 saturated heterocycles. The van der Waals surface area contributed by atoms with Crippen molar-refractivity contribution in [2.45, 2.75) is 51.7 Å². The van der Waals surface area contributed by atoms with Crippen molar-refractivity contribution in [1.29, 1.82) is 0 Å². The van der Waals surface area contributed by atoms with Gasteiger partial charge in [-0.05, 0) is 92.6 Å². The van der Waals surface area contributed by atoms with E-state index in [1.54, 1.807) is 19.1 Å². The van der Waals surface area contributed by atoms with Gasteiger partial charge in [0.05, 0.1) is 0 Å². The Morgan fingerprint density at radius 1 is 1.20 bits per heavy atom. The molecule has 0 radical (unpaired) electrons. The lowest BCUT2D eigenvalue weighted by Crippen LogP contribution is -2.23. The zero-order chi connectivity index (χ0) is 25.0. The summed E-state index contributed by atoms with van der Waals surface area (Å²) < 4.78 is 35.8. The van der Waals surface area contributed by atoms with Gasteiger partial charge in [-0.3, -0.25) is 0 Å². The molecule has 0 fully saturated rings. The van der Waals surface area contributed by atoms with Crippen LogP contribution < -0.4 is 5.32 Å². The first-order valence-electron chi connectivity index (χ1n) is 11.8. The van der Waals surface area contributed by atoms with E-state index < -0.39 is 12.3 Å². The molecule has 4 rings (SSSR count). The molecule has 184 valence electrons. The standard InChI is InChI=1S/C28H30BrF2N3O/c1-18(26-33-34-27(35-26)25-15-23(29)14-21-8-5-9-24(21)25)12-22(28(2,31)17-30)11-10-19-6-4-7-20(13-19)16-32-3/h4,6-7,11-15,32H,5,8-10,16-17H2,1-3H3/b18-12+,22-11+. The molecule has 3 aromatic rings. The Kier molecular flexibility index (Phi) is 7.97. The van der Waals surface area contributed by atoms with E-state index in [0.717, 1.165) is 47.0 Å². The van der Waals surface area contributed by atoms with Crippen molar-refractivity contribution in [3.05, 3.63) is 86.7 Å². The van der Waals surface area contributed by atoms with Crippen molar-refractivity contribution >= 4 is 21.5 Å². The molecule has 1 aliphatic rings. The molecule has 35 heavy (non-hydrogen) atoms. The van der Waals surface area contributed by atoms with Gasteiger partial charge in [0.2, 0.25) is 11.8 Å². The average molecular weight is 542 g/mol. The smallest absolute Gasteiger partial charge is 0.248 e. The highest BCUT2D eigenvalue weighted by Crippen LogP contribution is 2.35. The molecular weight excluding hydrogens is 512 g/mol. The van der Waals surface area contributed by atoms with Crippen molar-refractivity contribution < 1.29 is 13.2 Å². The highest BCUT2D eigenvalue weighted by Gasteiger charge is 2.28. The van der Waals surface area contributed by atoms with Crippen molar-refractivity contribution in [2.24, 2.45) is 0 Å². The summed E-state index contributed by atoms with van der Waals surface area (Å²) in [5, 5.41) is 11.6. The number of allylic oxidation sites excluding steroid dienone is 4. The normalized spacial score (nSPS) is 15.8. The second-order valence-electron chi connectivity index (χ2n) is 9.23. The number of hydrogen-bond donors (Lipinski definition) is 1. The van der Waals surface area contributed by atoms with Crippen LogP contribution in [0.5, 0.6) is 0 Å². The van der Waals surface area contributed by atoms with Crippen LogP contribution in [0.25, 0.3) is 17.0 Å². The van der Waals surface area contributed by atoms with Crippen LogP contribution >= 0.6 is 15.9 Å². The summed E-state index contributed by atoms with van der Waals surface area (Å²) in [6.45, 7) is 2.65. The van der Waals surface area contributed by atoms with Crippen LogP contribution in [0, 0.1) is 0 Å². The third kappa shape index (κ3) is 5.96. The van der Waals surface area contributed by atoms with Crippen LogP contribution in [0.3, 0.4) is 0 Å². The lowest BCUT2D eigenvalue weighted by atomic mass is 9.94. The van der Waals surface area contributed by atoms with Crippen molar-refractivity contribution in [2.75, 3.05) is 13.7 Å². The van der Waals surface area contributed by atoms with Gasteiger partial charge in [-0.2, -0.15) is 0 Å². The number of alkyl halides is 2. The van der Waals surface area contributed by atoms with E-state index in [0.29, 0.717) is 23.8 Å². The number of aromatic nitrogens is 2. The summed E-state index contributed by atoms with van der Waals surface area (Å²) in [5.41, 5.74) is 4.33. The first-order chi connectivity index (χ1) is 16.8. The largest absolute Gasteiger partial charge is 0.416 e. The number of halogens is 3. The quantitative estimate of drug-likeness (QED) is 0.297. The molecule has 0 saturated carbocycles. The maximum atomic E-state index is 15.2. The lowest BCUT2D eigenvalue weighted by Gasteiger charge is -2.19. The van der Waals surface area contributed by atoms with Gasteiger partial charge < -0.3 is 9.73 Å². The molecule has 0 bridgehead atoms. The van der Waals surface area contributed by atoms with Gasteiger partial charge in [-0.25, -0.2) is 8.78 Å². The fourth-order valence-electron chi connectivity index (χ4n) is 4.44. The molecule has 0 spiro atoms. The molecule has 1 unspecified atom stereocenters. The van der Waals surface area contributed by atoms with E-state index in [1.807, 2.05) is 31.3 Å². The minimum absolute atomic E-state index is 0.250. The third-order valence-corrected chi connectivity index (χ3v) is 6.79. The van der Waals surface area contributed by atoms with E-state index in [2.05, 4.69) is 43.6 Å². The van der Waals surface area contributed by atoms with Gasteiger partial charge in [0, 0.05) is 22.2 Å². The fraction of sp³-hybridized carbons (Fsp3) is 0.357. The molecule has 1 aliphatic carbocycles. The van der Waals surface area contributed by atoms with E-state index in [4.69, 9.17) is 4.42 Å². The highest BCUT2D eigenvalue weighted by molar-refractivity contribution is 9.10. The van der Waals surface area contributed by atoms with Gasteiger partial charge >= 0.3 is 0 Å². The Hall–Kier alpha value is -2.64. The van der Waals surface area contributed by atoms with Gasteiger partial charge in [0.25, 0.3) is 0 Å². The van der Waals surface area contributed by atoms with Crippen LogP contribution in [-0.4, -0.2) is 29.6 Å². The van der Waals surface area contributed by atoms with E-state index in [9.17, 15) is 4.39 Å². The summed E-state index contributed by atoms with van der Waals surface area (Å²) in [6.07, 6.45) is 6.94. The number of hydrogen-bond acceptors (Lipinski definition) is 4. The predicted molar refractivity (Wildman–Crippen MR) is 140 cm³/mol. The van der Waals surface area contributed by atoms with E-state index in [1.165, 1.54) is 18.1 Å². The summed E-state index contributed by atoms with van der Waals surface area (Å²) in [4.78, 5) is 0. The van der Waals surface area contributed by atoms with Crippen LogP contribution in [0.4, 0.5) is 8.78 Å². The minimum atomic E-state index is -2.13. The molecule has 7 heteroatoms. The fourth-order valence-corrected chi connectivity index (χ4v) is 4.95. The summed E-state index contributed by atoms with van der Waals surface area (Å²) in [6, 6.07) is 12.2. The monoisotopic (exact) mass is 541 g/mol. The molecule has 1 heterocycles. The molecule has 4 nitrogen and oxygen atoms in total. The Balaban J connectivity index is 1.62. The summed E-state index contributed by atoms with van der Waals surface area (Å²) in [7, 11) is 1.89. The van der Waals surface area contributed by atoms with Crippen LogP contribution in [0.15, 0.2) is 63.0 Å². The van der Waals surface area contributed by atoms with Crippen LogP contribution in [-0.2, 0) is 25.8 Å². The van der Waals surface area contributed by atoms with Crippen LogP contribution in [0.1, 0.15) is 48.4 Å². The maximum Gasteiger partial charge on any atom is 0.248 e. The average Bonchev–Trinajstić information content (AvgIpc) is 3.51. The number of benzene rings is 2.